The lowest BCUT2D eigenvalue weighted by Gasteiger charge is -2.27. The molecule has 36 heavy (non-hydrogen) atoms. The zero-order valence-electron chi connectivity index (χ0n) is 20.7. The van der Waals surface area contributed by atoms with Gasteiger partial charge in [0.1, 0.15) is 11.6 Å². The van der Waals surface area contributed by atoms with Crippen LogP contribution in [-0.4, -0.2) is 54.1 Å². The van der Waals surface area contributed by atoms with E-state index in [1.165, 1.54) is 0 Å². The SMILES string of the molecule is CNc1cc2c(N[C@H](C)c3cc(N)cc(-c4ccoc4)c3)nc(C)nc2cc1C(=O)N1CCOCC1. The number of benzene rings is 2. The smallest absolute Gasteiger partial charge is 0.256 e. The van der Waals surface area contributed by atoms with Crippen LogP contribution in [0.4, 0.5) is 17.2 Å². The topological polar surface area (TPSA) is 119 Å². The van der Waals surface area contributed by atoms with Crippen LogP contribution in [0.25, 0.3) is 22.0 Å². The summed E-state index contributed by atoms with van der Waals surface area (Å²) in [5.74, 6) is 1.28. The van der Waals surface area contributed by atoms with E-state index in [-0.39, 0.29) is 11.9 Å². The number of carbonyl (C=O) groups is 1. The van der Waals surface area contributed by atoms with Gasteiger partial charge in [0.25, 0.3) is 5.91 Å². The molecule has 1 amide bonds. The molecule has 5 rings (SSSR count). The fourth-order valence-electron chi connectivity index (χ4n) is 4.53. The maximum Gasteiger partial charge on any atom is 0.256 e. The molecule has 186 valence electrons. The van der Waals surface area contributed by atoms with Crippen molar-refractivity contribution < 1.29 is 13.9 Å². The number of aryl methyl sites for hydroxylation is 1. The third kappa shape index (κ3) is 4.70. The number of hydrogen-bond donors (Lipinski definition) is 3. The Balaban J connectivity index is 1.50. The number of nitrogens with zero attached hydrogens (tertiary/aromatic N) is 3. The van der Waals surface area contributed by atoms with Crippen LogP contribution in [0, 0.1) is 6.92 Å². The standard InChI is InChI=1S/C27H30N6O3/c1-16(19-10-20(12-21(28)11-19)18-4-7-36-15-18)30-26-22-13-24(29-3)23(14-25(22)31-17(2)32-26)27(34)33-5-8-35-9-6-33/h4,7,10-16,29H,5-6,8-9,28H2,1-3H3,(H,30,31,32)/t16-/m1/s1. The first-order valence-electron chi connectivity index (χ1n) is 12.0. The Morgan fingerprint density at radius 2 is 1.92 bits per heavy atom. The quantitative estimate of drug-likeness (QED) is 0.342. The molecule has 1 aliphatic rings. The molecule has 1 atom stereocenters. The number of aromatic nitrogens is 2. The molecule has 0 bridgehead atoms. The van der Waals surface area contributed by atoms with Gasteiger partial charge in [0, 0.05) is 42.5 Å². The molecular formula is C27H30N6O3. The van der Waals surface area contributed by atoms with E-state index in [0.717, 1.165) is 27.8 Å². The molecule has 0 spiro atoms. The Bertz CT molecular complexity index is 1400. The predicted octanol–water partition coefficient (Wildman–Crippen LogP) is 4.47. The van der Waals surface area contributed by atoms with Gasteiger partial charge >= 0.3 is 0 Å². The summed E-state index contributed by atoms with van der Waals surface area (Å²) in [6.07, 6.45) is 3.35. The predicted molar refractivity (Wildman–Crippen MR) is 141 cm³/mol. The van der Waals surface area contributed by atoms with Crippen LogP contribution in [0.1, 0.15) is 34.7 Å². The Kier molecular flexibility index (Phi) is 6.47. The van der Waals surface area contributed by atoms with E-state index < -0.39 is 0 Å². The fraction of sp³-hybridized carbons (Fsp3) is 0.296. The molecule has 0 unspecified atom stereocenters. The third-order valence-electron chi connectivity index (χ3n) is 6.43. The van der Waals surface area contributed by atoms with Gasteiger partial charge in [-0.1, -0.05) is 0 Å². The van der Waals surface area contributed by atoms with Gasteiger partial charge in [-0.05, 0) is 61.4 Å². The van der Waals surface area contributed by atoms with Gasteiger partial charge in [-0.3, -0.25) is 4.79 Å². The normalized spacial score (nSPS) is 14.6. The Morgan fingerprint density at radius 3 is 2.64 bits per heavy atom. The van der Waals surface area contributed by atoms with E-state index in [2.05, 4.69) is 28.6 Å². The van der Waals surface area contributed by atoms with Gasteiger partial charge in [-0.15, -0.1) is 0 Å². The minimum Gasteiger partial charge on any atom is -0.472 e. The van der Waals surface area contributed by atoms with E-state index in [4.69, 9.17) is 19.9 Å². The number of amides is 1. The molecule has 3 heterocycles. The number of rotatable bonds is 6. The lowest BCUT2D eigenvalue weighted by Crippen LogP contribution is -2.40. The highest BCUT2D eigenvalue weighted by molar-refractivity contribution is 6.05. The number of carbonyl (C=O) groups excluding carboxylic acids is 1. The highest BCUT2D eigenvalue weighted by atomic mass is 16.5. The Labute approximate surface area is 209 Å². The molecule has 1 fully saturated rings. The summed E-state index contributed by atoms with van der Waals surface area (Å²) in [6.45, 7) is 6.17. The molecule has 4 N–H and O–H groups in total. The van der Waals surface area contributed by atoms with Crippen LogP contribution < -0.4 is 16.4 Å². The van der Waals surface area contributed by atoms with Crippen molar-refractivity contribution in [2.24, 2.45) is 0 Å². The van der Waals surface area contributed by atoms with Crippen LogP contribution >= 0.6 is 0 Å². The van der Waals surface area contributed by atoms with Crippen molar-refractivity contribution >= 4 is 34.0 Å². The summed E-state index contributed by atoms with van der Waals surface area (Å²) in [7, 11) is 1.81. The summed E-state index contributed by atoms with van der Waals surface area (Å²) in [5, 5.41) is 7.54. The second-order valence-corrected chi connectivity index (χ2v) is 8.96. The van der Waals surface area contributed by atoms with Gasteiger partial charge < -0.3 is 30.4 Å². The number of hydrogen-bond acceptors (Lipinski definition) is 8. The van der Waals surface area contributed by atoms with Crippen LogP contribution in [0.15, 0.2) is 53.3 Å². The molecule has 0 aliphatic carbocycles. The second kappa shape index (κ2) is 9.87. The first kappa shape index (κ1) is 23.6. The molecular weight excluding hydrogens is 456 g/mol. The Hall–Kier alpha value is -4.11. The molecule has 4 aromatic rings. The van der Waals surface area contributed by atoms with Gasteiger partial charge in [0.2, 0.25) is 0 Å². The number of ether oxygens (including phenoxy) is 1. The third-order valence-corrected chi connectivity index (χ3v) is 6.43. The summed E-state index contributed by atoms with van der Waals surface area (Å²) < 4.78 is 10.6. The minimum absolute atomic E-state index is 0.0322. The van der Waals surface area contributed by atoms with Crippen molar-refractivity contribution in [3.05, 3.63) is 65.9 Å². The number of furan rings is 1. The van der Waals surface area contributed by atoms with Crippen LogP contribution in [-0.2, 0) is 4.74 Å². The van der Waals surface area contributed by atoms with E-state index in [0.29, 0.717) is 54.7 Å². The van der Waals surface area contributed by atoms with Crippen molar-refractivity contribution in [3.63, 3.8) is 0 Å². The van der Waals surface area contributed by atoms with Crippen LogP contribution in [0.5, 0.6) is 0 Å². The average molecular weight is 487 g/mol. The van der Waals surface area contributed by atoms with Crippen molar-refractivity contribution in [1.82, 2.24) is 14.9 Å². The Morgan fingerprint density at radius 1 is 1.11 bits per heavy atom. The molecule has 9 nitrogen and oxygen atoms in total. The zero-order valence-corrected chi connectivity index (χ0v) is 20.7. The van der Waals surface area contributed by atoms with Crippen molar-refractivity contribution in [1.29, 1.82) is 0 Å². The first-order valence-corrected chi connectivity index (χ1v) is 12.0. The summed E-state index contributed by atoms with van der Waals surface area (Å²) in [4.78, 5) is 24.4. The van der Waals surface area contributed by atoms with Gasteiger partial charge in [-0.25, -0.2) is 9.97 Å². The summed E-state index contributed by atoms with van der Waals surface area (Å²) in [6, 6.07) is 11.6. The maximum atomic E-state index is 13.3. The molecule has 1 saturated heterocycles. The van der Waals surface area contributed by atoms with E-state index in [9.17, 15) is 4.79 Å². The second-order valence-electron chi connectivity index (χ2n) is 8.96. The number of morpholine rings is 1. The largest absolute Gasteiger partial charge is 0.472 e. The average Bonchev–Trinajstić information content (AvgIpc) is 3.43. The maximum absolute atomic E-state index is 13.3. The van der Waals surface area contributed by atoms with Crippen molar-refractivity contribution in [3.8, 4) is 11.1 Å². The monoisotopic (exact) mass is 486 g/mol. The highest BCUT2D eigenvalue weighted by Crippen LogP contribution is 2.32. The van der Waals surface area contributed by atoms with E-state index in [1.54, 1.807) is 12.5 Å². The van der Waals surface area contributed by atoms with E-state index >= 15 is 0 Å². The fourth-order valence-corrected chi connectivity index (χ4v) is 4.53. The van der Waals surface area contributed by atoms with Crippen LogP contribution in [0.2, 0.25) is 0 Å². The zero-order chi connectivity index (χ0) is 25.2. The number of fused-ring (bicyclic) bond motifs is 1. The molecule has 1 aliphatic heterocycles. The highest BCUT2D eigenvalue weighted by Gasteiger charge is 2.23. The lowest BCUT2D eigenvalue weighted by molar-refractivity contribution is 0.0303. The summed E-state index contributed by atoms with van der Waals surface area (Å²) >= 11 is 0. The van der Waals surface area contributed by atoms with Crippen molar-refractivity contribution in [2.45, 2.75) is 19.9 Å². The minimum atomic E-state index is -0.0932. The number of nitrogens with one attached hydrogen (secondary N) is 2. The lowest BCUT2D eigenvalue weighted by atomic mass is 10.0. The number of nitrogens with two attached hydrogens (primary N) is 1. The molecule has 2 aromatic heterocycles. The van der Waals surface area contributed by atoms with Gasteiger partial charge in [-0.2, -0.15) is 0 Å². The van der Waals surface area contributed by atoms with E-state index in [1.807, 2.05) is 49.2 Å². The van der Waals surface area contributed by atoms with Crippen molar-refractivity contribution in [2.75, 3.05) is 49.7 Å². The molecule has 0 radical (unpaired) electrons. The molecule has 2 aromatic carbocycles. The first-order chi connectivity index (χ1) is 17.4. The molecule has 9 heteroatoms. The van der Waals surface area contributed by atoms with Crippen LogP contribution in [0.3, 0.4) is 0 Å². The number of anilines is 3. The van der Waals surface area contributed by atoms with Gasteiger partial charge in [0.05, 0.1) is 42.9 Å². The molecule has 0 saturated carbocycles. The van der Waals surface area contributed by atoms with Gasteiger partial charge in [0.15, 0.2) is 0 Å². The summed E-state index contributed by atoms with van der Waals surface area (Å²) in [5.41, 5.74) is 11.9. The number of nitrogen functional groups attached to an aromatic ring is 1.